The first-order valence-corrected chi connectivity index (χ1v) is 11.5. The van der Waals surface area contributed by atoms with E-state index in [-0.39, 0.29) is 28.4 Å². The third-order valence-electron chi connectivity index (χ3n) is 4.73. The normalized spacial score (nSPS) is 10.9. The topological polar surface area (TPSA) is 96.3 Å². The number of nitriles is 1. The molecule has 0 saturated carbocycles. The van der Waals surface area contributed by atoms with E-state index in [1.165, 1.54) is 30.3 Å². The van der Waals surface area contributed by atoms with Gasteiger partial charge in [-0.3, -0.25) is 4.79 Å². The molecule has 0 unspecified atom stereocenters. The molecule has 0 aliphatic rings. The van der Waals surface area contributed by atoms with E-state index in [1.54, 1.807) is 12.1 Å². The SMILES string of the molecule is Cc1cccc(C)c1COc1cc(C(=O)NS(=O)(=O)c2ccc(Br)cc2)ccc1C#N. The fourth-order valence-electron chi connectivity index (χ4n) is 2.96. The van der Waals surface area contributed by atoms with Crippen molar-refractivity contribution in [2.45, 2.75) is 25.3 Å². The van der Waals surface area contributed by atoms with Gasteiger partial charge in [-0.1, -0.05) is 34.1 Å². The van der Waals surface area contributed by atoms with Gasteiger partial charge in [0, 0.05) is 10.0 Å². The minimum absolute atomic E-state index is 0.0378. The monoisotopic (exact) mass is 498 g/mol. The molecule has 0 aliphatic carbocycles. The highest BCUT2D eigenvalue weighted by Gasteiger charge is 2.20. The van der Waals surface area contributed by atoms with Crippen LogP contribution in [0.25, 0.3) is 0 Å². The second-order valence-corrected chi connectivity index (χ2v) is 9.47. The zero-order chi connectivity index (χ0) is 22.6. The molecule has 0 heterocycles. The van der Waals surface area contributed by atoms with E-state index < -0.39 is 15.9 Å². The summed E-state index contributed by atoms with van der Waals surface area (Å²) >= 11 is 3.24. The molecule has 31 heavy (non-hydrogen) atoms. The number of benzene rings is 3. The van der Waals surface area contributed by atoms with Crippen LogP contribution in [0, 0.1) is 25.2 Å². The molecule has 0 saturated heterocycles. The number of amides is 1. The molecule has 3 aromatic rings. The lowest BCUT2D eigenvalue weighted by atomic mass is 10.0. The van der Waals surface area contributed by atoms with Gasteiger partial charge in [0.2, 0.25) is 0 Å². The summed E-state index contributed by atoms with van der Waals surface area (Å²) in [4.78, 5) is 12.6. The Kier molecular flexibility index (Phi) is 6.78. The van der Waals surface area contributed by atoms with Crippen LogP contribution >= 0.6 is 15.9 Å². The van der Waals surface area contributed by atoms with E-state index in [1.807, 2.05) is 42.8 Å². The molecule has 0 bridgehead atoms. The number of hydrogen-bond donors (Lipinski definition) is 1. The average molecular weight is 499 g/mol. The second-order valence-electron chi connectivity index (χ2n) is 6.87. The van der Waals surface area contributed by atoms with E-state index in [9.17, 15) is 18.5 Å². The molecule has 158 valence electrons. The first-order valence-electron chi connectivity index (χ1n) is 9.26. The minimum atomic E-state index is -4.05. The number of carbonyl (C=O) groups excluding carboxylic acids is 1. The van der Waals surface area contributed by atoms with E-state index in [4.69, 9.17) is 4.74 Å². The molecule has 8 heteroatoms. The van der Waals surface area contributed by atoms with Gasteiger partial charge in [-0.15, -0.1) is 0 Å². The van der Waals surface area contributed by atoms with Crippen molar-refractivity contribution in [2.24, 2.45) is 0 Å². The van der Waals surface area contributed by atoms with Crippen molar-refractivity contribution in [3.63, 3.8) is 0 Å². The first-order chi connectivity index (χ1) is 14.7. The average Bonchev–Trinajstić information content (AvgIpc) is 2.73. The summed E-state index contributed by atoms with van der Waals surface area (Å²) in [5.41, 5.74) is 3.40. The number of hydrogen-bond acceptors (Lipinski definition) is 5. The van der Waals surface area contributed by atoms with Crippen molar-refractivity contribution in [2.75, 3.05) is 0 Å². The zero-order valence-corrected chi connectivity index (χ0v) is 19.2. The number of nitrogens with zero attached hydrogens (tertiary/aromatic N) is 1. The lowest BCUT2D eigenvalue weighted by molar-refractivity contribution is 0.0981. The number of carbonyl (C=O) groups is 1. The van der Waals surface area contributed by atoms with Crippen LogP contribution in [0.3, 0.4) is 0 Å². The van der Waals surface area contributed by atoms with Crippen molar-refractivity contribution in [3.8, 4) is 11.8 Å². The summed E-state index contributed by atoms with van der Waals surface area (Å²) in [7, 11) is -4.05. The Hall–Kier alpha value is -3.15. The summed E-state index contributed by atoms with van der Waals surface area (Å²) in [6.07, 6.45) is 0. The summed E-state index contributed by atoms with van der Waals surface area (Å²) in [6, 6.07) is 18.0. The smallest absolute Gasteiger partial charge is 0.265 e. The molecule has 0 radical (unpaired) electrons. The van der Waals surface area contributed by atoms with Crippen molar-refractivity contribution in [3.05, 3.63) is 93.0 Å². The van der Waals surface area contributed by atoms with Crippen LogP contribution < -0.4 is 9.46 Å². The largest absolute Gasteiger partial charge is 0.487 e. The molecule has 1 amide bonds. The fraction of sp³-hybridized carbons (Fsp3) is 0.130. The third kappa shape index (κ3) is 5.32. The maximum Gasteiger partial charge on any atom is 0.265 e. The van der Waals surface area contributed by atoms with Gasteiger partial charge in [0.05, 0.1) is 10.5 Å². The Morgan fingerprint density at radius 1 is 1.06 bits per heavy atom. The maximum atomic E-state index is 12.6. The number of ether oxygens (including phenoxy) is 1. The number of rotatable bonds is 6. The number of halogens is 1. The molecule has 1 N–H and O–H groups in total. The first kappa shape index (κ1) is 22.5. The minimum Gasteiger partial charge on any atom is -0.487 e. The molecule has 0 fully saturated rings. The molecule has 0 spiro atoms. The van der Waals surface area contributed by atoms with E-state index in [0.717, 1.165) is 21.2 Å². The van der Waals surface area contributed by atoms with Gasteiger partial charge in [-0.05, 0) is 73.0 Å². The predicted octanol–water partition coefficient (Wildman–Crippen LogP) is 4.64. The van der Waals surface area contributed by atoms with Gasteiger partial charge in [-0.25, -0.2) is 13.1 Å². The van der Waals surface area contributed by atoms with Crippen molar-refractivity contribution >= 4 is 31.9 Å². The quantitative estimate of drug-likeness (QED) is 0.534. The summed E-state index contributed by atoms with van der Waals surface area (Å²) in [5.74, 6) is -0.608. The van der Waals surface area contributed by atoms with Gasteiger partial charge >= 0.3 is 0 Å². The predicted molar refractivity (Wildman–Crippen MR) is 120 cm³/mol. The van der Waals surface area contributed by atoms with Gasteiger partial charge in [0.15, 0.2) is 0 Å². The van der Waals surface area contributed by atoms with E-state index in [0.29, 0.717) is 0 Å². The highest BCUT2D eigenvalue weighted by atomic mass is 79.9. The molecule has 0 aliphatic heterocycles. The van der Waals surface area contributed by atoms with Crippen LogP contribution in [-0.4, -0.2) is 14.3 Å². The van der Waals surface area contributed by atoms with E-state index in [2.05, 4.69) is 15.9 Å². The van der Waals surface area contributed by atoms with Crippen LogP contribution in [0.2, 0.25) is 0 Å². The van der Waals surface area contributed by atoms with Gasteiger partial charge < -0.3 is 4.74 Å². The Labute approximate surface area is 189 Å². The molecule has 3 aromatic carbocycles. The van der Waals surface area contributed by atoms with Gasteiger partial charge in [0.25, 0.3) is 15.9 Å². The van der Waals surface area contributed by atoms with Gasteiger partial charge in [0.1, 0.15) is 18.4 Å². The number of sulfonamides is 1. The Morgan fingerprint density at radius 2 is 1.71 bits per heavy atom. The summed E-state index contributed by atoms with van der Waals surface area (Å²) in [6.45, 7) is 4.15. The Balaban J connectivity index is 1.83. The molecular weight excluding hydrogens is 480 g/mol. The number of aryl methyl sites for hydroxylation is 2. The lowest BCUT2D eigenvalue weighted by Gasteiger charge is -2.13. The third-order valence-corrected chi connectivity index (χ3v) is 6.61. The van der Waals surface area contributed by atoms with Crippen LogP contribution in [0.1, 0.15) is 32.6 Å². The van der Waals surface area contributed by atoms with Crippen LogP contribution in [-0.2, 0) is 16.6 Å². The lowest BCUT2D eigenvalue weighted by Crippen LogP contribution is -2.30. The highest BCUT2D eigenvalue weighted by molar-refractivity contribution is 9.10. The molecule has 6 nitrogen and oxygen atoms in total. The van der Waals surface area contributed by atoms with Crippen molar-refractivity contribution in [1.82, 2.24) is 4.72 Å². The standard InChI is InChI=1S/C23H19BrN2O4S/c1-15-4-3-5-16(2)21(15)14-30-22-12-17(6-7-18(22)13-25)23(27)26-31(28,29)20-10-8-19(24)9-11-20/h3-12H,14H2,1-2H3,(H,26,27). The Morgan fingerprint density at radius 3 is 2.32 bits per heavy atom. The molecule has 0 atom stereocenters. The Bertz CT molecular complexity index is 1260. The van der Waals surface area contributed by atoms with Crippen molar-refractivity contribution < 1.29 is 17.9 Å². The molecule has 0 aromatic heterocycles. The number of nitrogens with one attached hydrogen (secondary N) is 1. The zero-order valence-electron chi connectivity index (χ0n) is 16.8. The van der Waals surface area contributed by atoms with E-state index >= 15 is 0 Å². The summed E-state index contributed by atoms with van der Waals surface area (Å²) in [5, 5.41) is 9.38. The van der Waals surface area contributed by atoms with Crippen LogP contribution in [0.15, 0.2) is 70.0 Å². The van der Waals surface area contributed by atoms with Crippen molar-refractivity contribution in [1.29, 1.82) is 5.26 Å². The summed E-state index contributed by atoms with van der Waals surface area (Å²) < 4.78 is 33.6. The van der Waals surface area contributed by atoms with Gasteiger partial charge in [-0.2, -0.15) is 5.26 Å². The molecular formula is C23H19BrN2O4S. The second kappa shape index (κ2) is 9.33. The fourth-order valence-corrected chi connectivity index (χ4v) is 4.19. The highest BCUT2D eigenvalue weighted by Crippen LogP contribution is 2.23. The molecule has 3 rings (SSSR count). The van der Waals surface area contributed by atoms with Crippen LogP contribution in [0.5, 0.6) is 5.75 Å². The maximum absolute atomic E-state index is 12.6. The van der Waals surface area contributed by atoms with Crippen LogP contribution in [0.4, 0.5) is 0 Å².